The van der Waals surface area contributed by atoms with E-state index in [1.54, 1.807) is 7.11 Å². The summed E-state index contributed by atoms with van der Waals surface area (Å²) in [5.41, 5.74) is 7.35. The Labute approximate surface area is 83.3 Å². The van der Waals surface area contributed by atoms with Gasteiger partial charge in [0.1, 0.15) is 0 Å². The fourth-order valence-corrected chi connectivity index (χ4v) is 1.23. The van der Waals surface area contributed by atoms with Gasteiger partial charge < -0.3 is 15.2 Å². The third-order valence-corrected chi connectivity index (χ3v) is 1.93. The largest absolute Gasteiger partial charge is 0.481 e. The van der Waals surface area contributed by atoms with Crippen LogP contribution in [0.3, 0.4) is 0 Å². The summed E-state index contributed by atoms with van der Waals surface area (Å²) in [6.45, 7) is 3.73. The molecule has 78 valence electrons. The maximum atomic E-state index is 5.76. The molecule has 0 bridgehead atoms. The van der Waals surface area contributed by atoms with Crippen molar-refractivity contribution in [3.8, 4) is 11.9 Å². The van der Waals surface area contributed by atoms with Gasteiger partial charge in [-0.1, -0.05) is 0 Å². The molecule has 1 rings (SSSR count). The molecular formula is C9H15N3O2. The van der Waals surface area contributed by atoms with E-state index in [1.165, 1.54) is 7.11 Å². The highest BCUT2D eigenvalue weighted by molar-refractivity contribution is 5.32. The SMILES string of the molecule is COc1nc(OC)c(C)c(C(C)N)n1. The summed E-state index contributed by atoms with van der Waals surface area (Å²) < 4.78 is 10.0. The molecule has 1 aromatic rings. The topological polar surface area (TPSA) is 70.3 Å². The van der Waals surface area contributed by atoms with E-state index < -0.39 is 0 Å². The Kier molecular flexibility index (Phi) is 3.24. The molecule has 0 saturated heterocycles. The number of nitrogens with two attached hydrogens (primary N) is 1. The Bertz CT molecular complexity index is 326. The van der Waals surface area contributed by atoms with E-state index in [2.05, 4.69) is 9.97 Å². The monoisotopic (exact) mass is 197 g/mol. The van der Waals surface area contributed by atoms with Gasteiger partial charge in [-0.25, -0.2) is 0 Å². The third-order valence-electron chi connectivity index (χ3n) is 1.93. The maximum Gasteiger partial charge on any atom is 0.319 e. The van der Waals surface area contributed by atoms with Crippen LogP contribution in [0.5, 0.6) is 11.9 Å². The molecule has 0 fully saturated rings. The summed E-state index contributed by atoms with van der Waals surface area (Å²) in [6.07, 6.45) is 0. The molecule has 0 aliphatic carbocycles. The molecule has 0 spiro atoms. The second kappa shape index (κ2) is 4.23. The summed E-state index contributed by atoms with van der Waals surface area (Å²) in [5, 5.41) is 0. The van der Waals surface area contributed by atoms with Crippen LogP contribution in [0.1, 0.15) is 24.2 Å². The van der Waals surface area contributed by atoms with Crippen LogP contribution in [-0.2, 0) is 0 Å². The Balaban J connectivity index is 3.27. The summed E-state index contributed by atoms with van der Waals surface area (Å²) in [4.78, 5) is 8.20. The first-order valence-electron chi connectivity index (χ1n) is 4.32. The second-order valence-corrected chi connectivity index (χ2v) is 3.02. The molecule has 14 heavy (non-hydrogen) atoms. The van der Waals surface area contributed by atoms with Gasteiger partial charge in [-0.15, -0.1) is 0 Å². The summed E-state index contributed by atoms with van der Waals surface area (Å²) in [5.74, 6) is 0.504. The van der Waals surface area contributed by atoms with Gasteiger partial charge in [0.15, 0.2) is 0 Å². The molecule has 1 atom stereocenters. The smallest absolute Gasteiger partial charge is 0.319 e. The lowest BCUT2D eigenvalue weighted by atomic mass is 10.1. The lowest BCUT2D eigenvalue weighted by molar-refractivity contribution is 0.346. The third kappa shape index (κ3) is 1.93. The second-order valence-electron chi connectivity index (χ2n) is 3.02. The van der Waals surface area contributed by atoms with Gasteiger partial charge in [0.25, 0.3) is 0 Å². The molecule has 0 saturated carbocycles. The Morgan fingerprint density at radius 3 is 2.29 bits per heavy atom. The van der Waals surface area contributed by atoms with E-state index in [4.69, 9.17) is 15.2 Å². The first-order valence-corrected chi connectivity index (χ1v) is 4.32. The van der Waals surface area contributed by atoms with Crippen molar-refractivity contribution in [1.29, 1.82) is 0 Å². The van der Waals surface area contributed by atoms with Crippen molar-refractivity contribution in [3.63, 3.8) is 0 Å². The van der Waals surface area contributed by atoms with Gasteiger partial charge in [-0.05, 0) is 13.8 Å². The van der Waals surface area contributed by atoms with Crippen LogP contribution in [0.15, 0.2) is 0 Å². The highest BCUT2D eigenvalue weighted by atomic mass is 16.5. The van der Waals surface area contributed by atoms with Crippen LogP contribution in [0, 0.1) is 6.92 Å². The molecule has 1 heterocycles. The fourth-order valence-electron chi connectivity index (χ4n) is 1.23. The van der Waals surface area contributed by atoms with Crippen LogP contribution in [-0.4, -0.2) is 24.2 Å². The van der Waals surface area contributed by atoms with E-state index in [9.17, 15) is 0 Å². The Morgan fingerprint density at radius 2 is 1.86 bits per heavy atom. The number of ether oxygens (including phenoxy) is 2. The molecule has 0 aromatic carbocycles. The first kappa shape index (κ1) is 10.7. The average Bonchev–Trinajstić information content (AvgIpc) is 2.17. The molecule has 1 unspecified atom stereocenters. The van der Waals surface area contributed by atoms with E-state index >= 15 is 0 Å². The lowest BCUT2D eigenvalue weighted by Gasteiger charge is -2.12. The highest BCUT2D eigenvalue weighted by Gasteiger charge is 2.14. The normalized spacial score (nSPS) is 12.4. The maximum absolute atomic E-state index is 5.76. The minimum atomic E-state index is -0.166. The number of methoxy groups -OCH3 is 2. The Hall–Kier alpha value is -1.36. The zero-order valence-corrected chi connectivity index (χ0v) is 8.87. The zero-order valence-electron chi connectivity index (χ0n) is 8.87. The van der Waals surface area contributed by atoms with Gasteiger partial charge >= 0.3 is 6.01 Å². The van der Waals surface area contributed by atoms with Crippen molar-refractivity contribution in [2.45, 2.75) is 19.9 Å². The van der Waals surface area contributed by atoms with Crippen LogP contribution >= 0.6 is 0 Å². The molecule has 2 N–H and O–H groups in total. The van der Waals surface area contributed by atoms with E-state index in [0.29, 0.717) is 5.88 Å². The van der Waals surface area contributed by atoms with Gasteiger partial charge in [-0.3, -0.25) is 0 Å². The van der Waals surface area contributed by atoms with Gasteiger partial charge in [-0.2, -0.15) is 9.97 Å². The van der Waals surface area contributed by atoms with Crippen molar-refractivity contribution in [2.75, 3.05) is 14.2 Å². The molecule has 1 aromatic heterocycles. The minimum absolute atomic E-state index is 0.166. The van der Waals surface area contributed by atoms with Crippen LogP contribution in [0.4, 0.5) is 0 Å². The predicted molar refractivity (Wildman–Crippen MR) is 52.5 cm³/mol. The molecule has 0 aliphatic heterocycles. The van der Waals surface area contributed by atoms with E-state index in [1.807, 2.05) is 13.8 Å². The van der Waals surface area contributed by atoms with E-state index in [0.717, 1.165) is 11.3 Å². The van der Waals surface area contributed by atoms with Crippen LogP contribution < -0.4 is 15.2 Å². The average molecular weight is 197 g/mol. The standard InChI is InChI=1S/C9H15N3O2/c1-5-7(6(2)10)11-9(14-4)12-8(5)13-3/h6H,10H2,1-4H3. The number of nitrogens with zero attached hydrogens (tertiary/aromatic N) is 2. The molecule has 0 amide bonds. The summed E-state index contributed by atoms with van der Waals surface area (Å²) in [7, 11) is 3.06. The van der Waals surface area contributed by atoms with Gasteiger partial charge in [0.05, 0.1) is 19.9 Å². The highest BCUT2D eigenvalue weighted by Crippen LogP contribution is 2.23. The molecular weight excluding hydrogens is 182 g/mol. The van der Waals surface area contributed by atoms with Crippen molar-refractivity contribution >= 4 is 0 Å². The number of hydrogen-bond acceptors (Lipinski definition) is 5. The molecule has 5 heteroatoms. The first-order chi connectivity index (χ1) is 6.60. The predicted octanol–water partition coefficient (Wildman–Crippen LogP) is 0.822. The number of hydrogen-bond donors (Lipinski definition) is 1. The summed E-state index contributed by atoms with van der Waals surface area (Å²) in [6, 6.07) is 0.112. The molecule has 0 aliphatic rings. The van der Waals surface area contributed by atoms with E-state index in [-0.39, 0.29) is 12.1 Å². The molecule has 0 radical (unpaired) electrons. The zero-order chi connectivity index (χ0) is 10.7. The Morgan fingerprint density at radius 1 is 1.21 bits per heavy atom. The van der Waals surface area contributed by atoms with Crippen LogP contribution in [0.2, 0.25) is 0 Å². The van der Waals surface area contributed by atoms with Crippen molar-refractivity contribution in [3.05, 3.63) is 11.3 Å². The fraction of sp³-hybridized carbons (Fsp3) is 0.556. The number of rotatable bonds is 3. The molecule has 5 nitrogen and oxygen atoms in total. The van der Waals surface area contributed by atoms with Crippen molar-refractivity contribution < 1.29 is 9.47 Å². The number of aromatic nitrogens is 2. The van der Waals surface area contributed by atoms with Gasteiger partial charge in [0.2, 0.25) is 5.88 Å². The minimum Gasteiger partial charge on any atom is -0.481 e. The van der Waals surface area contributed by atoms with Gasteiger partial charge in [0, 0.05) is 11.6 Å². The van der Waals surface area contributed by atoms with Crippen molar-refractivity contribution in [1.82, 2.24) is 9.97 Å². The lowest BCUT2D eigenvalue weighted by Crippen LogP contribution is -2.12. The summed E-state index contributed by atoms with van der Waals surface area (Å²) >= 11 is 0. The quantitative estimate of drug-likeness (QED) is 0.776. The van der Waals surface area contributed by atoms with Crippen LogP contribution in [0.25, 0.3) is 0 Å². The van der Waals surface area contributed by atoms with Crippen molar-refractivity contribution in [2.24, 2.45) is 5.73 Å².